The third kappa shape index (κ3) is 33.9. The first-order valence-electron chi connectivity index (χ1n) is 24.0. The van der Waals surface area contributed by atoms with E-state index in [4.69, 9.17) is 0 Å². The molecule has 15 nitrogen and oxygen atoms in total. The normalized spacial score (nSPS) is 14.6. The number of carbonyl (C=O) groups is 3. The van der Waals surface area contributed by atoms with Crippen molar-refractivity contribution in [3.8, 4) is 17.2 Å². The first kappa shape index (κ1) is 76.2. The standard InChI is InChI=1S/3C17H22F5NO4.CH4/c3*1-16(2,3)13(24)8-14(25)23-12(9-26-15(18)19)10-5-4-6-11(7-10)27-17(20,21)22;/h3*4-7,12-13,15,24H,8-9H2,1-3H3,(H,23,25);1H4/t12-,13?;12-,13+;12-,13-;/m000./s1. The average Bonchev–Trinajstić information content (AvgIpc) is 3.28. The summed E-state index contributed by atoms with van der Waals surface area (Å²) in [6.07, 6.45) is -18.7. The van der Waals surface area contributed by atoms with E-state index in [1.54, 1.807) is 62.3 Å². The molecule has 0 spiro atoms. The monoisotopic (exact) mass is 1210 g/mol. The van der Waals surface area contributed by atoms with Crippen LogP contribution in [0.5, 0.6) is 17.2 Å². The molecule has 0 fully saturated rings. The summed E-state index contributed by atoms with van der Waals surface area (Å²) in [6.45, 7) is 3.97. The molecule has 0 aromatic heterocycles. The molecule has 0 aliphatic carbocycles. The number of nitrogens with one attached hydrogen (secondary N) is 3. The van der Waals surface area contributed by atoms with Gasteiger partial charge in [-0.25, -0.2) is 0 Å². The quantitative estimate of drug-likeness (QED) is 0.0464. The number of hydrogen-bond donors (Lipinski definition) is 6. The maximum absolute atomic E-state index is 12.4. The number of carbonyl (C=O) groups excluding carboxylic acids is 3. The van der Waals surface area contributed by atoms with Crippen LogP contribution in [0.25, 0.3) is 0 Å². The number of aliphatic hydroxyl groups is 3. The highest BCUT2D eigenvalue weighted by molar-refractivity contribution is 5.78. The molecule has 0 saturated heterocycles. The summed E-state index contributed by atoms with van der Waals surface area (Å²) in [6, 6.07) is 10.2. The topological polar surface area (TPSA) is 203 Å². The zero-order valence-corrected chi connectivity index (χ0v) is 45.1. The van der Waals surface area contributed by atoms with Gasteiger partial charge in [0.05, 0.1) is 75.5 Å². The van der Waals surface area contributed by atoms with Crippen LogP contribution in [0.4, 0.5) is 65.9 Å². The fourth-order valence-electron chi connectivity index (χ4n) is 6.16. The molecule has 0 saturated carbocycles. The predicted octanol–water partition coefficient (Wildman–Crippen LogP) is 12.0. The lowest BCUT2D eigenvalue weighted by Crippen LogP contribution is -2.37. The molecular formula is C52H70F15N3O12. The van der Waals surface area contributed by atoms with E-state index in [0.717, 1.165) is 36.4 Å². The molecule has 3 aromatic rings. The van der Waals surface area contributed by atoms with Crippen molar-refractivity contribution in [2.75, 3.05) is 19.8 Å². The van der Waals surface area contributed by atoms with Crippen molar-refractivity contribution in [2.45, 2.75) is 164 Å². The molecule has 3 amide bonds. The van der Waals surface area contributed by atoms with Gasteiger partial charge in [0.25, 0.3) is 0 Å². The van der Waals surface area contributed by atoms with Crippen LogP contribution < -0.4 is 30.2 Å². The zero-order chi connectivity index (χ0) is 62.5. The van der Waals surface area contributed by atoms with Crippen molar-refractivity contribution in [1.82, 2.24) is 16.0 Å². The van der Waals surface area contributed by atoms with Crippen molar-refractivity contribution in [2.24, 2.45) is 16.2 Å². The van der Waals surface area contributed by atoms with Crippen molar-refractivity contribution in [1.29, 1.82) is 0 Å². The van der Waals surface area contributed by atoms with E-state index in [0.29, 0.717) is 0 Å². The number of aliphatic hydroxyl groups excluding tert-OH is 3. The first-order valence-corrected chi connectivity index (χ1v) is 24.0. The van der Waals surface area contributed by atoms with E-state index >= 15 is 0 Å². The average molecular weight is 1210 g/mol. The molecule has 0 bridgehead atoms. The van der Waals surface area contributed by atoms with Gasteiger partial charge in [0.1, 0.15) is 17.2 Å². The minimum Gasteiger partial charge on any atom is -0.406 e. The van der Waals surface area contributed by atoms with Gasteiger partial charge in [-0.05, 0) is 69.3 Å². The van der Waals surface area contributed by atoms with Crippen LogP contribution >= 0.6 is 0 Å². The molecule has 30 heteroatoms. The third-order valence-corrected chi connectivity index (χ3v) is 10.8. The lowest BCUT2D eigenvalue weighted by atomic mass is 9.87. The fourth-order valence-corrected chi connectivity index (χ4v) is 6.16. The van der Waals surface area contributed by atoms with E-state index < -0.39 is 146 Å². The molecule has 82 heavy (non-hydrogen) atoms. The molecular weight excluding hydrogens is 1140 g/mol. The molecule has 0 heterocycles. The van der Waals surface area contributed by atoms with Crippen molar-refractivity contribution in [3.63, 3.8) is 0 Å². The first-order chi connectivity index (χ1) is 36.8. The molecule has 6 atom stereocenters. The van der Waals surface area contributed by atoms with Crippen molar-refractivity contribution >= 4 is 17.7 Å². The molecule has 3 aromatic carbocycles. The lowest BCUT2D eigenvalue weighted by Gasteiger charge is -2.26. The smallest absolute Gasteiger partial charge is 0.406 e. The Morgan fingerprint density at radius 1 is 0.415 bits per heavy atom. The van der Waals surface area contributed by atoms with Gasteiger partial charge in [0.15, 0.2) is 0 Å². The van der Waals surface area contributed by atoms with Crippen LogP contribution in [-0.4, -0.2) is 110 Å². The SMILES string of the molecule is C.CC(C)(C)C(O)CC(=O)N[C@@H](COC(F)F)c1cccc(OC(F)(F)F)c1.CC(C)(C)[C@@H](O)CC(=O)N[C@@H](COC(F)F)c1cccc(OC(F)(F)F)c1.CC(C)(C)[C@H](O)CC(=O)N[C@@H](COC(F)F)c1cccc(OC(F)(F)F)c1. The van der Waals surface area contributed by atoms with E-state index in [-0.39, 0.29) is 43.4 Å². The van der Waals surface area contributed by atoms with Crippen LogP contribution in [0.15, 0.2) is 72.8 Å². The maximum atomic E-state index is 12.4. The van der Waals surface area contributed by atoms with Crippen LogP contribution in [0.1, 0.15) is 124 Å². The largest absolute Gasteiger partial charge is 0.573 e. The lowest BCUT2D eigenvalue weighted by molar-refractivity contribution is -0.275. The fraction of sp³-hybridized carbons (Fsp3) is 0.596. The minimum atomic E-state index is -4.92. The van der Waals surface area contributed by atoms with E-state index in [9.17, 15) is 95.6 Å². The van der Waals surface area contributed by atoms with Gasteiger partial charge < -0.3 is 59.7 Å². The number of amides is 3. The molecule has 0 aliphatic heterocycles. The summed E-state index contributed by atoms with van der Waals surface area (Å²) >= 11 is 0. The Morgan fingerprint density at radius 3 is 0.793 bits per heavy atom. The number of halogens is 15. The second-order valence-corrected chi connectivity index (χ2v) is 20.8. The summed E-state index contributed by atoms with van der Waals surface area (Å²) < 4.78 is 209. The van der Waals surface area contributed by atoms with E-state index in [2.05, 4.69) is 44.4 Å². The molecule has 3 rings (SSSR count). The number of ether oxygens (including phenoxy) is 6. The highest BCUT2D eigenvalue weighted by atomic mass is 19.4. The zero-order valence-electron chi connectivity index (χ0n) is 45.1. The maximum Gasteiger partial charge on any atom is 0.573 e. The number of benzene rings is 3. The Morgan fingerprint density at radius 2 is 0.622 bits per heavy atom. The van der Waals surface area contributed by atoms with Crippen molar-refractivity contribution in [3.05, 3.63) is 89.5 Å². The van der Waals surface area contributed by atoms with Crippen LogP contribution in [0.2, 0.25) is 0 Å². The Balaban J connectivity index is 0.00000119. The number of hydrogen-bond acceptors (Lipinski definition) is 12. The second-order valence-electron chi connectivity index (χ2n) is 20.8. The number of rotatable bonds is 24. The van der Waals surface area contributed by atoms with Crippen LogP contribution in [-0.2, 0) is 28.6 Å². The summed E-state index contributed by atoms with van der Waals surface area (Å²) in [4.78, 5) is 36.4. The number of alkyl halides is 15. The highest BCUT2D eigenvalue weighted by Gasteiger charge is 2.35. The van der Waals surface area contributed by atoms with Gasteiger partial charge >= 0.3 is 38.9 Å². The van der Waals surface area contributed by atoms with Gasteiger partial charge in [-0.1, -0.05) is 106 Å². The van der Waals surface area contributed by atoms with Gasteiger partial charge in [-0.3, -0.25) is 14.4 Å². The third-order valence-electron chi connectivity index (χ3n) is 10.8. The highest BCUT2D eigenvalue weighted by Crippen LogP contribution is 2.31. The van der Waals surface area contributed by atoms with Gasteiger partial charge in [0.2, 0.25) is 17.7 Å². The van der Waals surface area contributed by atoms with Gasteiger partial charge in [0, 0.05) is 0 Å². The second kappa shape index (κ2) is 33.5. The predicted molar refractivity (Wildman–Crippen MR) is 265 cm³/mol. The molecule has 1 unspecified atom stereocenters. The van der Waals surface area contributed by atoms with Crippen molar-refractivity contribution < 1.29 is 124 Å². The Bertz CT molecular complexity index is 2100. The molecule has 0 aliphatic rings. The van der Waals surface area contributed by atoms with Gasteiger partial charge in [-0.2, -0.15) is 26.3 Å². The van der Waals surface area contributed by atoms with E-state index in [1.807, 2.05) is 0 Å². The summed E-state index contributed by atoms with van der Waals surface area (Å²) in [5.74, 6) is -3.68. The molecule has 6 N–H and O–H groups in total. The Labute approximate surface area is 464 Å². The summed E-state index contributed by atoms with van der Waals surface area (Å²) in [7, 11) is 0. The summed E-state index contributed by atoms with van der Waals surface area (Å²) in [5, 5.41) is 37.1. The minimum absolute atomic E-state index is 0. The Hall–Kier alpha value is -5.82. The van der Waals surface area contributed by atoms with Crippen LogP contribution in [0, 0.1) is 16.2 Å². The summed E-state index contributed by atoms with van der Waals surface area (Å²) in [5.41, 5.74) is -1.53. The van der Waals surface area contributed by atoms with Crippen LogP contribution in [0.3, 0.4) is 0 Å². The van der Waals surface area contributed by atoms with Gasteiger partial charge in [-0.15, -0.1) is 39.5 Å². The Kier molecular flexibility index (Phi) is 31.1. The molecule has 0 radical (unpaired) electrons. The van der Waals surface area contributed by atoms with E-state index in [1.165, 1.54) is 36.4 Å². The molecule has 470 valence electrons.